The van der Waals surface area contributed by atoms with Gasteiger partial charge in [0.15, 0.2) is 0 Å². The van der Waals surface area contributed by atoms with Gasteiger partial charge in [0, 0.05) is 12.8 Å². The van der Waals surface area contributed by atoms with E-state index in [1.165, 1.54) is 17.5 Å². The fraction of sp³-hybridized carbons (Fsp3) is 0.300. The lowest BCUT2D eigenvalue weighted by molar-refractivity contribution is 0.0695. The lowest BCUT2D eigenvalue weighted by Crippen LogP contribution is -2.06. The number of aliphatic hydroxyl groups excluding tert-OH is 1. The van der Waals surface area contributed by atoms with Crippen molar-refractivity contribution in [2.75, 3.05) is 6.61 Å². The van der Waals surface area contributed by atoms with E-state index in [1.54, 1.807) is 0 Å². The van der Waals surface area contributed by atoms with Crippen LogP contribution in [0.4, 0.5) is 0 Å². The quantitative estimate of drug-likeness (QED) is 0.840. The van der Waals surface area contributed by atoms with Crippen LogP contribution in [0.2, 0.25) is 0 Å². The molecule has 0 amide bonds. The van der Waals surface area contributed by atoms with E-state index in [4.69, 9.17) is 10.2 Å². The van der Waals surface area contributed by atoms with Crippen molar-refractivity contribution in [3.63, 3.8) is 0 Å². The lowest BCUT2D eigenvalue weighted by atomic mass is 10.1. The molecule has 6 heteroatoms. The Bertz CT molecular complexity index is 550. The number of aliphatic hydroxyl groups is 1. The number of hydrogen-bond donors (Lipinski definition) is 2. The first-order chi connectivity index (χ1) is 7.63. The van der Waals surface area contributed by atoms with Gasteiger partial charge in [-0.25, -0.2) is 14.8 Å². The first-order valence-electron chi connectivity index (χ1n) is 4.72. The molecule has 0 unspecified atom stereocenters. The molecule has 0 atom stereocenters. The van der Waals surface area contributed by atoms with Crippen LogP contribution in [-0.2, 0) is 6.42 Å². The van der Waals surface area contributed by atoms with E-state index in [0.717, 1.165) is 5.01 Å². The van der Waals surface area contributed by atoms with Crippen LogP contribution in [0.1, 0.15) is 20.9 Å². The van der Waals surface area contributed by atoms with Gasteiger partial charge in [0.25, 0.3) is 0 Å². The molecule has 16 heavy (non-hydrogen) atoms. The standard InChI is InChI=1S/C10H10N2O3S/c1-5-12-8-6(2-3-13)7(10(14)15)4-11-9(8)16-5/h4,13H,2-3H2,1H3,(H,14,15). The summed E-state index contributed by atoms with van der Waals surface area (Å²) in [6.07, 6.45) is 1.61. The zero-order chi connectivity index (χ0) is 11.7. The third-order valence-electron chi connectivity index (χ3n) is 2.23. The summed E-state index contributed by atoms with van der Waals surface area (Å²) in [7, 11) is 0. The normalized spacial score (nSPS) is 10.9. The first kappa shape index (κ1) is 11.0. The van der Waals surface area contributed by atoms with Crippen LogP contribution in [0.5, 0.6) is 0 Å². The average molecular weight is 238 g/mol. The van der Waals surface area contributed by atoms with Crippen LogP contribution in [-0.4, -0.2) is 32.8 Å². The first-order valence-corrected chi connectivity index (χ1v) is 5.54. The highest BCUT2D eigenvalue weighted by Crippen LogP contribution is 2.25. The lowest BCUT2D eigenvalue weighted by Gasteiger charge is -2.03. The summed E-state index contributed by atoms with van der Waals surface area (Å²) < 4.78 is 0. The minimum absolute atomic E-state index is 0.101. The van der Waals surface area contributed by atoms with Crippen molar-refractivity contribution < 1.29 is 15.0 Å². The van der Waals surface area contributed by atoms with Gasteiger partial charge in [0.2, 0.25) is 0 Å². The van der Waals surface area contributed by atoms with Crippen molar-refractivity contribution >= 4 is 27.7 Å². The predicted octanol–water partition coefficient (Wildman–Crippen LogP) is 1.23. The molecule has 0 aliphatic carbocycles. The van der Waals surface area contributed by atoms with Gasteiger partial charge in [-0.05, 0) is 18.9 Å². The van der Waals surface area contributed by atoms with Crippen molar-refractivity contribution in [1.29, 1.82) is 0 Å². The van der Waals surface area contributed by atoms with Crippen LogP contribution >= 0.6 is 11.3 Å². The molecule has 0 aromatic carbocycles. The van der Waals surface area contributed by atoms with E-state index in [2.05, 4.69) is 9.97 Å². The highest BCUT2D eigenvalue weighted by Gasteiger charge is 2.16. The maximum Gasteiger partial charge on any atom is 0.337 e. The molecule has 0 saturated carbocycles. The summed E-state index contributed by atoms with van der Waals surface area (Å²) in [6.45, 7) is 1.74. The zero-order valence-corrected chi connectivity index (χ0v) is 9.41. The van der Waals surface area contributed by atoms with Gasteiger partial charge in [0.1, 0.15) is 10.3 Å². The maximum atomic E-state index is 11.0. The number of carboxylic acid groups (broad SMARTS) is 1. The third kappa shape index (κ3) is 1.77. The molecule has 0 saturated heterocycles. The Morgan fingerprint density at radius 3 is 2.94 bits per heavy atom. The number of carboxylic acids is 1. The van der Waals surface area contributed by atoms with E-state index in [1.807, 2.05) is 6.92 Å². The summed E-state index contributed by atoms with van der Waals surface area (Å²) in [5, 5.41) is 18.8. The Hall–Kier alpha value is -1.53. The van der Waals surface area contributed by atoms with E-state index >= 15 is 0 Å². The molecule has 2 N–H and O–H groups in total. The Labute approximate surface area is 95.4 Å². The topological polar surface area (TPSA) is 83.3 Å². The predicted molar refractivity (Wildman–Crippen MR) is 59.9 cm³/mol. The van der Waals surface area contributed by atoms with Crippen LogP contribution in [0.15, 0.2) is 6.20 Å². The Kier molecular flexibility index (Phi) is 2.84. The fourth-order valence-corrected chi connectivity index (χ4v) is 2.37. The zero-order valence-electron chi connectivity index (χ0n) is 8.60. The summed E-state index contributed by atoms with van der Waals surface area (Å²) >= 11 is 1.42. The average Bonchev–Trinajstić information content (AvgIpc) is 2.59. The number of aryl methyl sites for hydroxylation is 1. The molecular formula is C10H10N2O3S. The number of aromatic nitrogens is 2. The Morgan fingerprint density at radius 2 is 2.31 bits per heavy atom. The third-order valence-corrected chi connectivity index (χ3v) is 3.11. The van der Waals surface area contributed by atoms with Gasteiger partial charge in [-0.2, -0.15) is 0 Å². The summed E-state index contributed by atoms with van der Waals surface area (Å²) in [5.41, 5.74) is 1.27. The second-order valence-electron chi connectivity index (χ2n) is 3.32. The molecule has 2 aromatic rings. The summed E-state index contributed by atoms with van der Waals surface area (Å²) in [6, 6.07) is 0. The number of rotatable bonds is 3. The van der Waals surface area contributed by atoms with Crippen LogP contribution in [0, 0.1) is 6.92 Å². The van der Waals surface area contributed by atoms with Crippen LogP contribution in [0.3, 0.4) is 0 Å². The molecule has 0 aliphatic rings. The van der Waals surface area contributed by atoms with Gasteiger partial charge < -0.3 is 10.2 Å². The van der Waals surface area contributed by atoms with Crippen molar-refractivity contribution in [3.05, 3.63) is 22.3 Å². The molecule has 2 aromatic heterocycles. The SMILES string of the molecule is Cc1nc2c(CCO)c(C(=O)O)cnc2s1. The van der Waals surface area contributed by atoms with E-state index in [-0.39, 0.29) is 18.6 Å². The van der Waals surface area contributed by atoms with Gasteiger partial charge in [-0.1, -0.05) is 11.3 Å². The Morgan fingerprint density at radius 1 is 1.56 bits per heavy atom. The van der Waals surface area contributed by atoms with Gasteiger partial charge in [0.05, 0.1) is 10.6 Å². The number of thiazole rings is 1. The second kappa shape index (κ2) is 4.15. The minimum atomic E-state index is -1.04. The minimum Gasteiger partial charge on any atom is -0.478 e. The van der Waals surface area contributed by atoms with E-state index in [0.29, 0.717) is 15.9 Å². The largest absolute Gasteiger partial charge is 0.478 e. The number of carbonyl (C=O) groups is 1. The molecule has 0 spiro atoms. The monoisotopic (exact) mass is 238 g/mol. The van der Waals surface area contributed by atoms with Crippen molar-refractivity contribution in [3.8, 4) is 0 Å². The fourth-order valence-electron chi connectivity index (χ4n) is 1.58. The molecule has 0 fully saturated rings. The van der Waals surface area contributed by atoms with E-state index in [9.17, 15) is 4.79 Å². The van der Waals surface area contributed by atoms with Gasteiger partial charge >= 0.3 is 5.97 Å². The molecule has 5 nitrogen and oxygen atoms in total. The number of aromatic carboxylic acids is 1. The number of fused-ring (bicyclic) bond motifs is 1. The molecule has 0 radical (unpaired) electrons. The number of hydrogen-bond acceptors (Lipinski definition) is 5. The number of nitrogens with zero attached hydrogens (tertiary/aromatic N) is 2. The molecule has 84 valence electrons. The second-order valence-corrected chi connectivity index (χ2v) is 4.50. The molecule has 0 bridgehead atoms. The van der Waals surface area contributed by atoms with Crippen molar-refractivity contribution in [2.24, 2.45) is 0 Å². The highest BCUT2D eigenvalue weighted by molar-refractivity contribution is 7.18. The molecule has 2 rings (SSSR count). The maximum absolute atomic E-state index is 11.0. The van der Waals surface area contributed by atoms with Gasteiger partial charge in [-0.3, -0.25) is 0 Å². The summed E-state index contributed by atoms with van der Waals surface area (Å²) in [4.78, 5) is 20.0. The van der Waals surface area contributed by atoms with E-state index < -0.39 is 5.97 Å². The Balaban J connectivity index is 2.72. The highest BCUT2D eigenvalue weighted by atomic mass is 32.1. The van der Waals surface area contributed by atoms with Crippen LogP contribution in [0.25, 0.3) is 10.3 Å². The van der Waals surface area contributed by atoms with Crippen molar-refractivity contribution in [1.82, 2.24) is 9.97 Å². The summed E-state index contributed by atoms with van der Waals surface area (Å²) in [5.74, 6) is -1.04. The van der Waals surface area contributed by atoms with Crippen molar-refractivity contribution in [2.45, 2.75) is 13.3 Å². The molecule has 0 aliphatic heterocycles. The van der Waals surface area contributed by atoms with Crippen LogP contribution < -0.4 is 0 Å². The molecule has 2 heterocycles. The number of pyridine rings is 1. The van der Waals surface area contributed by atoms with Gasteiger partial charge in [-0.15, -0.1) is 0 Å². The molecular weight excluding hydrogens is 228 g/mol. The smallest absolute Gasteiger partial charge is 0.337 e.